The van der Waals surface area contributed by atoms with Gasteiger partial charge in [-0.25, -0.2) is 9.37 Å². The third-order valence-electron chi connectivity index (χ3n) is 6.63. The molecule has 0 spiro atoms. The van der Waals surface area contributed by atoms with E-state index in [9.17, 15) is 5.26 Å². The molecule has 0 radical (unpaired) electrons. The highest BCUT2D eigenvalue weighted by Gasteiger charge is 2.20. The van der Waals surface area contributed by atoms with Gasteiger partial charge in [-0.15, -0.1) is 0 Å². The van der Waals surface area contributed by atoms with Crippen LogP contribution < -0.4 is 10.2 Å². The lowest BCUT2D eigenvalue weighted by molar-refractivity contribution is 0.313. The Morgan fingerprint density at radius 1 is 1.09 bits per heavy atom. The monoisotopic (exact) mass is 469 g/mol. The third-order valence-corrected chi connectivity index (χ3v) is 6.63. The summed E-state index contributed by atoms with van der Waals surface area (Å²) in [6.07, 6.45) is 0. The molecule has 178 valence electrons. The summed E-state index contributed by atoms with van der Waals surface area (Å²) >= 11 is 0. The van der Waals surface area contributed by atoms with Crippen LogP contribution in [0.25, 0.3) is 33.5 Å². The minimum Gasteiger partial charge on any atom is -0.369 e. The molecule has 4 aromatic rings. The van der Waals surface area contributed by atoms with Crippen molar-refractivity contribution in [1.82, 2.24) is 25.4 Å². The van der Waals surface area contributed by atoms with Gasteiger partial charge in [-0.2, -0.15) is 10.4 Å². The number of hydrogen-bond acceptors (Lipinski definition) is 6. The first-order valence-corrected chi connectivity index (χ1v) is 11.8. The molecule has 35 heavy (non-hydrogen) atoms. The van der Waals surface area contributed by atoms with Crippen LogP contribution in [0.1, 0.15) is 16.7 Å². The Kier molecular flexibility index (Phi) is 6.20. The number of nitrogens with one attached hydrogen (secondary N) is 2. The van der Waals surface area contributed by atoms with Crippen molar-refractivity contribution in [3.63, 3.8) is 0 Å². The Labute approximate surface area is 204 Å². The van der Waals surface area contributed by atoms with Crippen molar-refractivity contribution in [3.8, 4) is 28.6 Å². The van der Waals surface area contributed by atoms with Gasteiger partial charge in [-0.3, -0.25) is 5.10 Å². The molecule has 0 bridgehead atoms. The minimum absolute atomic E-state index is 0.307. The summed E-state index contributed by atoms with van der Waals surface area (Å²) in [4.78, 5) is 9.49. The van der Waals surface area contributed by atoms with Crippen molar-refractivity contribution >= 4 is 16.7 Å². The Morgan fingerprint density at radius 2 is 1.83 bits per heavy atom. The first kappa shape index (κ1) is 23.0. The Balaban J connectivity index is 1.55. The van der Waals surface area contributed by atoms with Crippen LogP contribution in [0, 0.1) is 24.1 Å². The lowest BCUT2D eigenvalue weighted by Crippen LogP contribution is -2.44. The maximum Gasteiger partial charge on any atom is 0.133 e. The van der Waals surface area contributed by atoms with Gasteiger partial charge < -0.3 is 15.1 Å². The first-order chi connectivity index (χ1) is 17.0. The number of aryl methyl sites for hydroxylation is 1. The summed E-state index contributed by atoms with van der Waals surface area (Å²) in [5.41, 5.74) is 6.61. The number of anilines is 1. The van der Waals surface area contributed by atoms with Crippen LogP contribution in [0.5, 0.6) is 0 Å². The van der Waals surface area contributed by atoms with Gasteiger partial charge in [0.05, 0.1) is 16.8 Å². The number of fused-ring (bicyclic) bond motifs is 1. The quantitative estimate of drug-likeness (QED) is 0.458. The fourth-order valence-electron chi connectivity index (χ4n) is 4.74. The fourth-order valence-corrected chi connectivity index (χ4v) is 4.74. The first-order valence-electron chi connectivity index (χ1n) is 11.8. The fraction of sp³-hybridized carbons (Fsp3) is 0.296. The highest BCUT2D eigenvalue weighted by atomic mass is 19.1. The summed E-state index contributed by atoms with van der Waals surface area (Å²) in [6.45, 7) is 6.50. The van der Waals surface area contributed by atoms with Crippen molar-refractivity contribution < 1.29 is 4.39 Å². The van der Waals surface area contributed by atoms with Crippen molar-refractivity contribution in [2.45, 2.75) is 13.5 Å². The molecule has 5 rings (SSSR count). The highest BCUT2D eigenvalue weighted by molar-refractivity contribution is 5.93. The molecule has 2 aromatic heterocycles. The number of hydrogen-bond donors (Lipinski definition) is 2. The lowest BCUT2D eigenvalue weighted by Gasteiger charge is -2.34. The summed E-state index contributed by atoms with van der Waals surface area (Å²) in [7, 11) is 3.97. The van der Waals surface area contributed by atoms with Crippen LogP contribution in [-0.2, 0) is 6.54 Å². The van der Waals surface area contributed by atoms with Crippen molar-refractivity contribution in [2.75, 3.05) is 45.2 Å². The van der Waals surface area contributed by atoms with Crippen LogP contribution in [0.2, 0.25) is 0 Å². The number of benzene rings is 2. The van der Waals surface area contributed by atoms with E-state index in [1.807, 2.05) is 32.2 Å². The van der Waals surface area contributed by atoms with E-state index in [4.69, 9.17) is 4.98 Å². The van der Waals surface area contributed by atoms with Crippen molar-refractivity contribution in [3.05, 3.63) is 65.0 Å². The SMILES string of the molecule is CNCc1cc(C)c(-c2nc3c(-c4ccc(N5CCN(C)CC5)cc4)n[nH]c3cc2C#N)c(F)c1. The molecule has 1 saturated heterocycles. The van der Waals surface area contributed by atoms with Gasteiger partial charge in [0, 0.05) is 49.5 Å². The van der Waals surface area contributed by atoms with Gasteiger partial charge in [-0.1, -0.05) is 18.2 Å². The van der Waals surface area contributed by atoms with Gasteiger partial charge in [0.25, 0.3) is 0 Å². The molecule has 2 N–H and O–H groups in total. The van der Waals surface area contributed by atoms with Crippen LogP contribution >= 0.6 is 0 Å². The van der Waals surface area contributed by atoms with E-state index in [-0.39, 0.29) is 5.82 Å². The summed E-state index contributed by atoms with van der Waals surface area (Å²) < 4.78 is 15.2. The zero-order chi connectivity index (χ0) is 24.5. The lowest BCUT2D eigenvalue weighted by atomic mass is 9.97. The number of piperazine rings is 1. The van der Waals surface area contributed by atoms with Crippen molar-refractivity contribution in [1.29, 1.82) is 5.26 Å². The molecule has 0 saturated carbocycles. The number of pyridine rings is 1. The molecule has 2 aromatic carbocycles. The molecular weight excluding hydrogens is 441 g/mol. The predicted molar refractivity (Wildman–Crippen MR) is 137 cm³/mol. The van der Waals surface area contributed by atoms with Gasteiger partial charge in [0.2, 0.25) is 0 Å². The third kappa shape index (κ3) is 4.36. The van der Waals surface area contributed by atoms with Gasteiger partial charge in [0.15, 0.2) is 0 Å². The molecule has 0 atom stereocenters. The van der Waals surface area contributed by atoms with E-state index >= 15 is 4.39 Å². The number of nitrogens with zero attached hydrogens (tertiary/aromatic N) is 5. The van der Waals surface area contributed by atoms with E-state index in [1.54, 1.807) is 6.07 Å². The van der Waals surface area contributed by atoms with Crippen LogP contribution in [0.3, 0.4) is 0 Å². The molecule has 1 aliphatic heterocycles. The average molecular weight is 470 g/mol. The number of halogens is 1. The molecule has 1 aliphatic rings. The van der Waals surface area contributed by atoms with Crippen LogP contribution in [0.4, 0.5) is 10.1 Å². The summed E-state index contributed by atoms with van der Waals surface area (Å²) in [6, 6.07) is 15.6. The minimum atomic E-state index is -0.389. The molecule has 0 unspecified atom stereocenters. The van der Waals surface area contributed by atoms with Gasteiger partial charge in [0.1, 0.15) is 23.1 Å². The average Bonchev–Trinajstić information content (AvgIpc) is 3.27. The Morgan fingerprint density at radius 3 is 2.49 bits per heavy atom. The van der Waals surface area contributed by atoms with E-state index in [1.165, 1.54) is 11.8 Å². The second kappa shape index (κ2) is 9.45. The number of rotatable bonds is 5. The number of nitriles is 1. The zero-order valence-electron chi connectivity index (χ0n) is 20.2. The number of H-pyrrole nitrogens is 1. The normalized spacial score (nSPS) is 14.4. The predicted octanol–water partition coefficient (Wildman–Crippen LogP) is 4.08. The number of aromatic nitrogens is 3. The number of likely N-dealkylation sites (N-methyl/N-ethyl adjacent to an activating group) is 1. The molecular formula is C27H28FN7. The maximum absolute atomic E-state index is 15.2. The van der Waals surface area contributed by atoms with Gasteiger partial charge in [-0.05, 0) is 56.4 Å². The molecule has 0 aliphatic carbocycles. The molecule has 7 nitrogen and oxygen atoms in total. The summed E-state index contributed by atoms with van der Waals surface area (Å²) in [5, 5.41) is 20.3. The van der Waals surface area contributed by atoms with E-state index in [2.05, 4.69) is 50.6 Å². The molecule has 3 heterocycles. The van der Waals surface area contributed by atoms with Crippen LogP contribution in [0.15, 0.2) is 42.5 Å². The zero-order valence-corrected chi connectivity index (χ0v) is 20.2. The molecule has 1 fully saturated rings. The van der Waals surface area contributed by atoms with E-state index in [0.29, 0.717) is 40.1 Å². The van der Waals surface area contributed by atoms with Crippen molar-refractivity contribution in [2.24, 2.45) is 0 Å². The molecule has 8 heteroatoms. The standard InChI is InChI=1S/C27H28FN7/c1-17-12-18(16-30-2)13-22(28)24(17)25-20(15-29)14-23-27(31-25)26(33-32-23)19-4-6-21(7-5-19)35-10-8-34(3)9-11-35/h4-7,12-14,30H,8-11,16H2,1-3H3,(H,32,33). The van der Waals surface area contributed by atoms with E-state index in [0.717, 1.165) is 42.9 Å². The number of aromatic amines is 1. The maximum atomic E-state index is 15.2. The van der Waals surface area contributed by atoms with Gasteiger partial charge >= 0.3 is 0 Å². The highest BCUT2D eigenvalue weighted by Crippen LogP contribution is 2.34. The Hall–Kier alpha value is -3.80. The second-order valence-electron chi connectivity index (χ2n) is 9.10. The second-order valence-corrected chi connectivity index (χ2v) is 9.10. The topological polar surface area (TPSA) is 83.9 Å². The largest absolute Gasteiger partial charge is 0.369 e. The summed E-state index contributed by atoms with van der Waals surface area (Å²) in [5.74, 6) is -0.389. The molecule has 0 amide bonds. The smallest absolute Gasteiger partial charge is 0.133 e. The van der Waals surface area contributed by atoms with Crippen LogP contribution in [-0.4, -0.2) is 60.4 Å². The Bertz CT molecular complexity index is 1390. The van der Waals surface area contributed by atoms with E-state index < -0.39 is 0 Å².